The number of nitrogens with zero attached hydrogens (tertiary/aromatic N) is 1. The Morgan fingerprint density at radius 2 is 0.980 bits per heavy atom. The quantitative estimate of drug-likeness (QED) is 0.0528. The maximum absolute atomic E-state index is 12.6. The fourth-order valence-electron chi connectivity index (χ4n) is 4.91. The van der Waals surface area contributed by atoms with Gasteiger partial charge in [-0.2, -0.15) is 16.8 Å². The van der Waals surface area contributed by atoms with Gasteiger partial charge in [-0.05, 0) is 75.7 Å². The Morgan fingerprint density at radius 3 is 1.31 bits per heavy atom. The van der Waals surface area contributed by atoms with E-state index in [-0.39, 0.29) is 102 Å². The molecule has 0 heterocycles. The van der Waals surface area contributed by atoms with Crippen molar-refractivity contribution in [3.05, 3.63) is 48.5 Å². The summed E-state index contributed by atoms with van der Waals surface area (Å²) in [6.45, 7) is 7.25. The Kier molecular flexibility index (Phi) is 25.7. The van der Waals surface area contributed by atoms with Crippen LogP contribution in [0.3, 0.4) is 0 Å². The fraction of sp³-hybridized carbons (Fsp3) is 0.548. The zero-order valence-electron chi connectivity index (χ0n) is 31.1. The van der Waals surface area contributed by atoms with Crippen LogP contribution in [0.5, 0.6) is 11.5 Å². The summed E-state index contributed by atoms with van der Waals surface area (Å²) in [4.78, 5) is 26.1. The molecule has 270 valence electrons. The molecule has 0 amide bonds. The molecule has 2 aromatic carbocycles. The van der Waals surface area contributed by atoms with E-state index < -0.39 is 45.0 Å². The largest absolute Gasteiger partial charge is 1.00 e. The van der Waals surface area contributed by atoms with Crippen LogP contribution in [0.4, 0.5) is 9.59 Å². The molecular formula is C31H48ClNNa2O12S2. The minimum atomic E-state index is -4.42. The molecule has 49 heavy (non-hydrogen) atoms. The van der Waals surface area contributed by atoms with Gasteiger partial charge in [0.1, 0.15) is 11.5 Å². The van der Waals surface area contributed by atoms with Crippen molar-refractivity contribution >= 4 is 45.0 Å². The van der Waals surface area contributed by atoms with Gasteiger partial charge in [-0.1, -0.05) is 64.7 Å². The summed E-state index contributed by atoms with van der Waals surface area (Å²) in [7, 11) is -8.84. The van der Waals surface area contributed by atoms with Gasteiger partial charge in [-0.3, -0.25) is 9.11 Å². The molecule has 0 aliphatic heterocycles. The van der Waals surface area contributed by atoms with Crippen LogP contribution in [0.15, 0.2) is 58.3 Å². The first-order valence-corrected chi connectivity index (χ1v) is 18.2. The van der Waals surface area contributed by atoms with Crippen LogP contribution in [0, 0.1) is 0 Å². The molecule has 2 aromatic rings. The van der Waals surface area contributed by atoms with Gasteiger partial charge in [0, 0.05) is 6.04 Å². The topological polar surface area (TPSA) is 183 Å². The van der Waals surface area contributed by atoms with Crippen molar-refractivity contribution in [1.82, 2.24) is 4.90 Å². The third-order valence-electron chi connectivity index (χ3n) is 7.25. The first-order chi connectivity index (χ1) is 21.6. The molecule has 0 fully saturated rings. The van der Waals surface area contributed by atoms with Crippen molar-refractivity contribution in [2.75, 3.05) is 0 Å². The van der Waals surface area contributed by atoms with Gasteiger partial charge in [-0.15, -0.1) is 12.4 Å². The third-order valence-corrected chi connectivity index (χ3v) is 8.99. The number of benzene rings is 2. The van der Waals surface area contributed by atoms with E-state index in [0.29, 0.717) is 6.42 Å². The summed E-state index contributed by atoms with van der Waals surface area (Å²) < 4.78 is 84.6. The SMILES string of the molecule is CCCCCCCCCCCC(C)N(C(C)OC(=O)Oc1ccc(S(=O)(=O)O)cc1)C(C)OC(=O)Oc1ccc(S(=O)(=O)O)cc1.Cl.[H-].[H-].[Na+].[Na+]. The standard InChI is InChI=1S/C31H45NO12S2.ClH.2Na.2H/c1-5-6-7-8-9-10-11-12-13-14-23(2)32(24(3)41-30(33)43-26-15-19-28(20-16-26)45(35,36)37)25(4)42-31(34)44-27-17-21-29(22-18-27)46(38,39)40;;;;;/h15-25H,5-14H2,1-4H3,(H,35,36,37)(H,38,39,40);1H;;;;/q;;2*+1;2*-1. The summed E-state index contributed by atoms with van der Waals surface area (Å²) >= 11 is 0. The number of ether oxygens (including phenoxy) is 4. The van der Waals surface area contributed by atoms with Gasteiger partial charge < -0.3 is 21.8 Å². The minimum Gasteiger partial charge on any atom is -1.00 e. The van der Waals surface area contributed by atoms with Crippen LogP contribution in [0.25, 0.3) is 0 Å². The Balaban J connectivity index is -0.00000221. The van der Waals surface area contributed by atoms with E-state index in [1.807, 2.05) is 6.92 Å². The van der Waals surface area contributed by atoms with Crippen LogP contribution in [0.1, 0.15) is 94.8 Å². The molecule has 0 saturated carbocycles. The summed E-state index contributed by atoms with van der Waals surface area (Å²) in [5.41, 5.74) is 0. The van der Waals surface area contributed by atoms with Crippen molar-refractivity contribution < 1.29 is 116 Å². The average Bonchev–Trinajstić information content (AvgIpc) is 2.95. The van der Waals surface area contributed by atoms with E-state index in [4.69, 9.17) is 28.1 Å². The molecule has 0 bridgehead atoms. The second-order valence-electron chi connectivity index (χ2n) is 10.9. The van der Waals surface area contributed by atoms with E-state index in [1.54, 1.807) is 18.7 Å². The van der Waals surface area contributed by atoms with Crippen molar-refractivity contribution in [2.45, 2.75) is 120 Å². The van der Waals surface area contributed by atoms with E-state index in [2.05, 4.69) is 6.92 Å². The predicted molar refractivity (Wildman–Crippen MR) is 178 cm³/mol. The molecule has 0 aliphatic rings. The van der Waals surface area contributed by atoms with Crippen molar-refractivity contribution in [3.8, 4) is 11.5 Å². The van der Waals surface area contributed by atoms with Crippen LogP contribution in [-0.4, -0.2) is 61.6 Å². The molecule has 2 rings (SSSR count). The number of carbonyl (C=O) groups excluding carboxylic acids is 2. The molecule has 0 aliphatic carbocycles. The van der Waals surface area contributed by atoms with Gasteiger partial charge in [0.25, 0.3) is 20.2 Å². The maximum atomic E-state index is 12.6. The second-order valence-corrected chi connectivity index (χ2v) is 13.8. The summed E-state index contributed by atoms with van der Waals surface area (Å²) in [5, 5.41) is 0. The minimum absolute atomic E-state index is 0. The molecule has 13 nitrogen and oxygen atoms in total. The number of hydrogen-bond acceptors (Lipinski definition) is 11. The summed E-state index contributed by atoms with van der Waals surface area (Å²) in [6.07, 6.45) is 6.95. The Morgan fingerprint density at radius 1 is 0.653 bits per heavy atom. The van der Waals surface area contributed by atoms with Gasteiger partial charge >= 0.3 is 71.4 Å². The predicted octanol–water partition coefficient (Wildman–Crippen LogP) is 1.87. The van der Waals surface area contributed by atoms with Gasteiger partial charge in [0.2, 0.25) is 0 Å². The number of rotatable bonds is 19. The van der Waals surface area contributed by atoms with E-state index in [9.17, 15) is 26.4 Å². The van der Waals surface area contributed by atoms with Crippen LogP contribution in [0.2, 0.25) is 0 Å². The monoisotopic (exact) mass is 771 g/mol. The third kappa shape index (κ3) is 19.5. The number of unbranched alkanes of at least 4 members (excludes halogenated alkanes) is 8. The molecule has 3 atom stereocenters. The number of hydrogen-bond donors (Lipinski definition) is 2. The molecule has 0 saturated heterocycles. The zero-order chi connectivity index (χ0) is 34.3. The average molecular weight is 772 g/mol. The van der Waals surface area contributed by atoms with Crippen molar-refractivity contribution in [3.63, 3.8) is 0 Å². The Bertz CT molecular complexity index is 1380. The molecule has 18 heteroatoms. The molecular weight excluding hydrogens is 724 g/mol. The molecule has 3 unspecified atom stereocenters. The molecule has 0 aromatic heterocycles. The summed E-state index contributed by atoms with van der Waals surface area (Å²) in [6, 6.07) is 8.79. The van der Waals surface area contributed by atoms with E-state index >= 15 is 0 Å². The first-order valence-electron chi connectivity index (χ1n) is 15.3. The second kappa shape index (κ2) is 25.1. The first kappa shape index (κ1) is 50.2. The number of carbonyl (C=O) groups is 2. The van der Waals surface area contributed by atoms with Crippen LogP contribution >= 0.6 is 12.4 Å². The number of halogens is 1. The molecule has 2 N–H and O–H groups in total. The Hall–Kier alpha value is -0.950. The maximum Gasteiger partial charge on any atom is 1.00 e. The van der Waals surface area contributed by atoms with Crippen molar-refractivity contribution in [1.29, 1.82) is 0 Å². The van der Waals surface area contributed by atoms with Gasteiger partial charge in [0.05, 0.1) is 9.79 Å². The van der Waals surface area contributed by atoms with Crippen molar-refractivity contribution in [2.24, 2.45) is 0 Å². The molecule has 0 spiro atoms. The van der Waals surface area contributed by atoms with E-state index in [1.165, 1.54) is 56.4 Å². The Labute approximate surface area is 343 Å². The van der Waals surface area contributed by atoms with Gasteiger partial charge in [0.15, 0.2) is 12.5 Å². The van der Waals surface area contributed by atoms with Crippen LogP contribution < -0.4 is 68.6 Å². The zero-order valence-corrected chi connectivity index (χ0v) is 35.5. The normalized spacial score (nSPS) is 13.0. The fourth-order valence-corrected chi connectivity index (χ4v) is 5.87. The van der Waals surface area contributed by atoms with E-state index in [0.717, 1.165) is 49.9 Å². The van der Waals surface area contributed by atoms with Crippen LogP contribution in [-0.2, 0) is 29.7 Å². The smallest absolute Gasteiger partial charge is 1.00 e. The van der Waals surface area contributed by atoms with Gasteiger partial charge in [-0.25, -0.2) is 14.5 Å². The summed E-state index contributed by atoms with van der Waals surface area (Å²) in [5.74, 6) is -0.0430. The molecule has 0 radical (unpaired) electrons.